The van der Waals surface area contributed by atoms with E-state index in [1.165, 1.54) is 6.92 Å². The summed E-state index contributed by atoms with van der Waals surface area (Å²) in [7, 11) is 0. The molecule has 1 N–H and O–H groups in total. The molecule has 15 heteroatoms. The summed E-state index contributed by atoms with van der Waals surface area (Å²) in [5, 5.41) is 13.0. The number of carboxylic acids is 1. The summed E-state index contributed by atoms with van der Waals surface area (Å²) in [6.07, 6.45) is -2.00. The van der Waals surface area contributed by atoms with Crippen molar-refractivity contribution in [2.75, 3.05) is 19.8 Å². The molecule has 2 aromatic heterocycles. The van der Waals surface area contributed by atoms with Crippen LogP contribution in [-0.4, -0.2) is 67.9 Å². The Kier molecular flexibility index (Phi) is 8.21. The Hall–Kier alpha value is -2.80. The molecule has 8 nitrogen and oxygen atoms in total. The van der Waals surface area contributed by atoms with Crippen LogP contribution in [0, 0.1) is 11.3 Å². The second-order valence-electron chi connectivity index (χ2n) is 10.6. The summed E-state index contributed by atoms with van der Waals surface area (Å²) in [4.78, 5) is 42.6. The summed E-state index contributed by atoms with van der Waals surface area (Å²) in [5.74, 6) is -4.18. The maximum Gasteiger partial charge on any atom is 0.433 e. The summed E-state index contributed by atoms with van der Waals surface area (Å²) >= 11 is 12.0. The van der Waals surface area contributed by atoms with Crippen LogP contribution in [0.4, 0.5) is 22.0 Å². The number of carbonyl (C=O) groups excluding carboxylic acids is 2. The Balaban J connectivity index is 1.67. The number of rotatable bonds is 9. The number of alkyl halides is 5. The Bertz CT molecular complexity index is 1310. The molecule has 4 rings (SSSR count). The highest BCUT2D eigenvalue weighted by molar-refractivity contribution is 6.39. The van der Waals surface area contributed by atoms with Gasteiger partial charge in [-0.2, -0.15) is 18.3 Å². The van der Waals surface area contributed by atoms with Crippen molar-refractivity contribution in [2.24, 2.45) is 11.3 Å². The molecular formula is C25H25Cl2F5N4O4. The van der Waals surface area contributed by atoms with E-state index in [1.54, 1.807) is 0 Å². The van der Waals surface area contributed by atoms with Gasteiger partial charge in [0, 0.05) is 24.9 Å². The highest BCUT2D eigenvalue weighted by Gasteiger charge is 2.57. The van der Waals surface area contributed by atoms with Crippen molar-refractivity contribution in [1.29, 1.82) is 0 Å². The standard InChI is InChI=1S/C25H25Cl2F5N4O4/c1-23(22(39)40)4-2-14(3-5-23)36-20(25(30,31)32)15(7-34-36)21(38)35(10-13-6-24(13,29)12-28)11-18(37)19-16(26)8-33-9-17(19)27/h7-9,13-14H,2-6,10-12H2,1H3,(H,39,40)/t13-,14?,23?,24?/m1/s1. The van der Waals surface area contributed by atoms with Crippen molar-refractivity contribution in [3.63, 3.8) is 0 Å². The van der Waals surface area contributed by atoms with Crippen LogP contribution in [0.5, 0.6) is 0 Å². The number of Topliss-reactive ketones (excluding diaryl/α,β-unsaturated/α-hetero) is 1. The van der Waals surface area contributed by atoms with E-state index >= 15 is 0 Å². The molecular weight excluding hydrogens is 586 g/mol. The third kappa shape index (κ3) is 5.81. The SMILES string of the molecule is CC1(C(=O)O)CCC(n2ncc(C(=O)N(CC(=O)c3c(Cl)cncc3Cl)C[C@H]3CC3(F)CF)c2C(F)(F)F)CC1. The van der Waals surface area contributed by atoms with Crippen molar-refractivity contribution in [3.05, 3.63) is 45.5 Å². The molecule has 2 heterocycles. The number of carbonyl (C=O) groups is 3. The molecule has 2 fully saturated rings. The van der Waals surface area contributed by atoms with E-state index in [4.69, 9.17) is 23.2 Å². The van der Waals surface area contributed by atoms with Gasteiger partial charge in [0.1, 0.15) is 12.3 Å². The number of halogens is 7. The van der Waals surface area contributed by atoms with Crippen LogP contribution >= 0.6 is 23.2 Å². The maximum absolute atomic E-state index is 14.5. The van der Waals surface area contributed by atoms with Crippen molar-refractivity contribution in [3.8, 4) is 0 Å². The fraction of sp³-hybridized carbons (Fsp3) is 0.560. The lowest BCUT2D eigenvalue weighted by molar-refractivity contribution is -0.152. The van der Waals surface area contributed by atoms with Gasteiger partial charge in [-0.15, -0.1) is 0 Å². The van der Waals surface area contributed by atoms with Gasteiger partial charge in [0.15, 0.2) is 11.5 Å². The molecule has 0 aromatic carbocycles. The van der Waals surface area contributed by atoms with E-state index in [9.17, 15) is 41.4 Å². The summed E-state index contributed by atoms with van der Waals surface area (Å²) in [5.41, 5.74) is -5.80. The normalized spacial score (nSPS) is 26.4. The average molecular weight is 611 g/mol. The zero-order valence-corrected chi connectivity index (χ0v) is 22.7. The van der Waals surface area contributed by atoms with Crippen LogP contribution in [0.15, 0.2) is 18.6 Å². The van der Waals surface area contributed by atoms with Gasteiger partial charge in [-0.1, -0.05) is 23.2 Å². The minimum atomic E-state index is -5.05. The van der Waals surface area contributed by atoms with Crippen LogP contribution in [-0.2, 0) is 11.0 Å². The largest absolute Gasteiger partial charge is 0.481 e. The Morgan fingerprint density at radius 2 is 1.75 bits per heavy atom. The van der Waals surface area contributed by atoms with Gasteiger partial charge in [-0.05, 0) is 39.0 Å². The third-order valence-electron chi connectivity index (χ3n) is 7.79. The number of aliphatic carboxylic acids is 1. The minimum absolute atomic E-state index is 0.0748. The van der Waals surface area contributed by atoms with Gasteiger partial charge < -0.3 is 10.0 Å². The molecule has 0 spiro atoms. The highest BCUT2D eigenvalue weighted by atomic mass is 35.5. The zero-order valence-electron chi connectivity index (χ0n) is 21.2. The average Bonchev–Trinajstić information content (AvgIpc) is 3.30. The molecule has 218 valence electrons. The molecule has 1 amide bonds. The molecule has 2 aliphatic rings. The number of hydrogen-bond acceptors (Lipinski definition) is 5. The lowest BCUT2D eigenvalue weighted by Gasteiger charge is -2.34. The van der Waals surface area contributed by atoms with Gasteiger partial charge >= 0.3 is 12.1 Å². The number of ketones is 1. The van der Waals surface area contributed by atoms with Crippen molar-refractivity contribution < 1.29 is 41.4 Å². The van der Waals surface area contributed by atoms with E-state index in [0.717, 1.165) is 23.5 Å². The predicted molar refractivity (Wildman–Crippen MR) is 133 cm³/mol. The molecule has 2 aromatic rings. The molecule has 1 unspecified atom stereocenters. The van der Waals surface area contributed by atoms with Crippen LogP contribution in [0.25, 0.3) is 0 Å². The van der Waals surface area contributed by atoms with Crippen LogP contribution in [0.3, 0.4) is 0 Å². The molecule has 2 atom stereocenters. The van der Waals surface area contributed by atoms with E-state index in [2.05, 4.69) is 10.1 Å². The van der Waals surface area contributed by atoms with E-state index < -0.39 is 77.9 Å². The monoisotopic (exact) mass is 610 g/mol. The number of amides is 1. The van der Waals surface area contributed by atoms with Gasteiger partial charge in [-0.3, -0.25) is 24.0 Å². The van der Waals surface area contributed by atoms with Gasteiger partial charge in [0.2, 0.25) is 0 Å². The molecule has 0 saturated heterocycles. The number of aromatic nitrogens is 3. The summed E-state index contributed by atoms with van der Waals surface area (Å²) in [6.45, 7) is -1.18. The molecule has 0 radical (unpaired) electrons. The van der Waals surface area contributed by atoms with E-state index in [-0.39, 0.29) is 47.7 Å². The van der Waals surface area contributed by atoms with E-state index in [0.29, 0.717) is 4.68 Å². The number of nitrogens with zero attached hydrogens (tertiary/aromatic N) is 4. The van der Waals surface area contributed by atoms with Gasteiger partial charge in [0.05, 0.1) is 45.4 Å². The Morgan fingerprint density at radius 3 is 2.25 bits per heavy atom. The van der Waals surface area contributed by atoms with Crippen LogP contribution in [0.1, 0.15) is 71.5 Å². The molecule has 40 heavy (non-hydrogen) atoms. The molecule has 2 saturated carbocycles. The van der Waals surface area contributed by atoms with Gasteiger partial charge in [0.25, 0.3) is 5.91 Å². The lowest BCUT2D eigenvalue weighted by Crippen LogP contribution is -2.39. The molecule has 2 aliphatic carbocycles. The first-order chi connectivity index (χ1) is 18.6. The minimum Gasteiger partial charge on any atom is -0.481 e. The fourth-order valence-corrected chi connectivity index (χ4v) is 5.68. The number of hydrogen-bond donors (Lipinski definition) is 1. The number of carboxylic acid groups (broad SMARTS) is 1. The number of pyridine rings is 1. The first-order valence-corrected chi connectivity index (χ1v) is 13.1. The molecule has 0 bridgehead atoms. The predicted octanol–water partition coefficient (Wildman–Crippen LogP) is 5.83. The van der Waals surface area contributed by atoms with Crippen molar-refractivity contribution in [2.45, 2.75) is 56.9 Å². The zero-order chi connectivity index (χ0) is 29.6. The summed E-state index contributed by atoms with van der Waals surface area (Å²) < 4.78 is 71.3. The first-order valence-electron chi connectivity index (χ1n) is 12.4. The maximum atomic E-state index is 14.5. The smallest absolute Gasteiger partial charge is 0.433 e. The van der Waals surface area contributed by atoms with Crippen molar-refractivity contribution in [1.82, 2.24) is 19.7 Å². The third-order valence-corrected chi connectivity index (χ3v) is 8.36. The highest BCUT2D eigenvalue weighted by Crippen LogP contribution is 2.48. The Labute approximate surface area is 235 Å². The lowest BCUT2D eigenvalue weighted by atomic mass is 9.74. The fourth-order valence-electron chi connectivity index (χ4n) is 5.10. The first kappa shape index (κ1) is 30.2. The van der Waals surface area contributed by atoms with Crippen LogP contribution in [0.2, 0.25) is 10.0 Å². The van der Waals surface area contributed by atoms with Crippen LogP contribution < -0.4 is 0 Å². The topological polar surface area (TPSA) is 105 Å². The van der Waals surface area contributed by atoms with Gasteiger partial charge in [-0.25, -0.2) is 8.78 Å². The summed E-state index contributed by atoms with van der Waals surface area (Å²) in [6, 6.07) is -0.830. The van der Waals surface area contributed by atoms with Crippen molar-refractivity contribution >= 4 is 40.9 Å². The second-order valence-corrected chi connectivity index (χ2v) is 11.4. The van der Waals surface area contributed by atoms with E-state index in [1.807, 2.05) is 0 Å². The second kappa shape index (κ2) is 10.9. The molecule has 0 aliphatic heterocycles. The Morgan fingerprint density at radius 1 is 1.15 bits per heavy atom. The quantitative estimate of drug-likeness (QED) is 0.283.